The van der Waals surface area contributed by atoms with Crippen molar-refractivity contribution in [3.05, 3.63) is 28.8 Å². The molecule has 2 atom stereocenters. The monoisotopic (exact) mass is 436 g/mol. The molecule has 0 saturated heterocycles. The Kier molecular flexibility index (Phi) is 10.4. The van der Waals surface area contributed by atoms with Crippen LogP contribution in [0.3, 0.4) is 0 Å². The lowest BCUT2D eigenvalue weighted by Gasteiger charge is -2.24. The van der Waals surface area contributed by atoms with Crippen molar-refractivity contribution in [1.29, 1.82) is 0 Å². The van der Waals surface area contributed by atoms with Gasteiger partial charge in [0, 0.05) is 6.42 Å². The van der Waals surface area contributed by atoms with E-state index in [4.69, 9.17) is 17.2 Å². The van der Waals surface area contributed by atoms with Crippen LogP contribution in [0.4, 0.5) is 0 Å². The molecule has 172 valence electrons. The summed E-state index contributed by atoms with van der Waals surface area (Å²) in [5, 5.41) is 17.3. The average molecular weight is 437 g/mol. The van der Waals surface area contributed by atoms with Gasteiger partial charge in [0.1, 0.15) is 17.8 Å². The number of nitrogens with one attached hydrogen (secondary N) is 3. The predicted molar refractivity (Wildman–Crippen MR) is 115 cm³/mol. The van der Waals surface area contributed by atoms with Gasteiger partial charge in [-0.25, -0.2) is 0 Å². The first-order valence-corrected chi connectivity index (χ1v) is 9.94. The van der Waals surface area contributed by atoms with Crippen molar-refractivity contribution in [2.45, 2.75) is 45.2 Å². The third-order valence-corrected chi connectivity index (χ3v) is 4.69. The molecule has 0 fully saturated rings. The number of benzene rings is 1. The van der Waals surface area contributed by atoms with E-state index in [-0.39, 0.29) is 31.7 Å². The molecule has 0 unspecified atom stereocenters. The molecule has 0 aliphatic heterocycles. The Bertz CT molecular complexity index is 790. The number of rotatable bonds is 12. The second-order valence-electron chi connectivity index (χ2n) is 7.26. The minimum absolute atomic E-state index is 0.0960. The smallest absolute Gasteiger partial charge is 0.243 e. The quantitative estimate of drug-likeness (QED) is 0.193. The van der Waals surface area contributed by atoms with Crippen LogP contribution in [0.2, 0.25) is 0 Å². The average Bonchev–Trinajstić information content (AvgIpc) is 2.70. The molecule has 10 N–H and O–H groups in total. The number of aromatic hydroxyl groups is 1. The Morgan fingerprint density at radius 3 is 2.13 bits per heavy atom. The number of phenols is 1. The number of carbonyl (C=O) groups excluding carboxylic acids is 4. The summed E-state index contributed by atoms with van der Waals surface area (Å²) in [6.45, 7) is 3.18. The Labute approximate surface area is 181 Å². The first-order valence-electron chi connectivity index (χ1n) is 9.94. The molecule has 0 aliphatic rings. The molecular formula is C20H32N6O5. The lowest BCUT2D eigenvalue weighted by atomic mass is 9.95. The standard InChI is InChI=1S/C20H32N6O5/c1-11-6-13(27)7-12(2)14(11)8-16(25-18(29)9-22)20(31)26-15(4-3-5-21)19(30)24-10-17(23)28/h6-7,15-16,27H,3-5,8-10,21-22H2,1-2H3,(H2,23,28)(H,24,30)(H,25,29)(H,26,31)/t15-,16-/m0/s1. The summed E-state index contributed by atoms with van der Waals surface area (Å²) >= 11 is 0. The zero-order valence-electron chi connectivity index (χ0n) is 17.9. The van der Waals surface area contributed by atoms with E-state index in [1.165, 1.54) is 0 Å². The largest absolute Gasteiger partial charge is 0.508 e. The van der Waals surface area contributed by atoms with Gasteiger partial charge in [-0.1, -0.05) is 0 Å². The SMILES string of the molecule is Cc1cc(O)cc(C)c1C[C@H](NC(=O)CN)C(=O)N[C@@H](CCCN)C(=O)NCC(N)=O. The number of hydrogen-bond acceptors (Lipinski definition) is 7. The van der Waals surface area contributed by atoms with E-state index in [2.05, 4.69) is 16.0 Å². The lowest BCUT2D eigenvalue weighted by molar-refractivity contribution is -0.132. The Morgan fingerprint density at radius 1 is 1.00 bits per heavy atom. The van der Waals surface area contributed by atoms with Crippen molar-refractivity contribution >= 4 is 23.6 Å². The maximum Gasteiger partial charge on any atom is 0.243 e. The molecule has 1 rings (SSSR count). The summed E-state index contributed by atoms with van der Waals surface area (Å²) in [7, 11) is 0. The molecule has 0 aromatic heterocycles. The molecule has 1 aromatic carbocycles. The molecule has 11 nitrogen and oxygen atoms in total. The highest BCUT2D eigenvalue weighted by Crippen LogP contribution is 2.22. The summed E-state index contributed by atoms with van der Waals surface area (Å²) < 4.78 is 0. The first kappa shape index (κ1) is 25.9. The van der Waals surface area contributed by atoms with Crippen molar-refractivity contribution in [2.24, 2.45) is 17.2 Å². The van der Waals surface area contributed by atoms with Gasteiger partial charge in [0.2, 0.25) is 23.6 Å². The van der Waals surface area contributed by atoms with Gasteiger partial charge in [-0.05, 0) is 62.1 Å². The van der Waals surface area contributed by atoms with Gasteiger partial charge >= 0.3 is 0 Å². The van der Waals surface area contributed by atoms with E-state index in [1.54, 1.807) is 26.0 Å². The number of nitrogens with two attached hydrogens (primary N) is 3. The molecule has 0 radical (unpaired) electrons. The van der Waals surface area contributed by atoms with Crippen molar-refractivity contribution in [2.75, 3.05) is 19.6 Å². The molecule has 0 spiro atoms. The summed E-state index contributed by atoms with van der Waals surface area (Å²) in [6.07, 6.45) is 0.814. The summed E-state index contributed by atoms with van der Waals surface area (Å²) in [4.78, 5) is 48.2. The molecular weight excluding hydrogens is 404 g/mol. The lowest BCUT2D eigenvalue weighted by Crippen LogP contribution is -2.55. The summed E-state index contributed by atoms with van der Waals surface area (Å²) in [6, 6.07) is 1.14. The number of amides is 4. The maximum absolute atomic E-state index is 13.0. The van der Waals surface area contributed by atoms with E-state index < -0.39 is 35.7 Å². The van der Waals surface area contributed by atoms with Crippen LogP contribution in [0.25, 0.3) is 0 Å². The van der Waals surface area contributed by atoms with Gasteiger partial charge in [0.05, 0.1) is 13.1 Å². The van der Waals surface area contributed by atoms with Crippen LogP contribution < -0.4 is 33.2 Å². The van der Waals surface area contributed by atoms with Crippen molar-refractivity contribution in [3.8, 4) is 5.75 Å². The van der Waals surface area contributed by atoms with E-state index >= 15 is 0 Å². The molecule has 0 aliphatic carbocycles. The van der Waals surface area contributed by atoms with Gasteiger partial charge in [0.15, 0.2) is 0 Å². The van der Waals surface area contributed by atoms with Gasteiger partial charge in [-0.2, -0.15) is 0 Å². The third kappa shape index (κ3) is 8.60. The minimum Gasteiger partial charge on any atom is -0.508 e. The highest BCUT2D eigenvalue weighted by molar-refractivity contribution is 5.93. The molecule has 1 aromatic rings. The van der Waals surface area contributed by atoms with Gasteiger partial charge in [-0.15, -0.1) is 0 Å². The van der Waals surface area contributed by atoms with Crippen LogP contribution in [0, 0.1) is 13.8 Å². The highest BCUT2D eigenvalue weighted by atomic mass is 16.3. The number of aryl methyl sites for hydroxylation is 2. The molecule has 4 amide bonds. The van der Waals surface area contributed by atoms with Crippen LogP contribution in [0.5, 0.6) is 5.75 Å². The Morgan fingerprint density at radius 2 is 1.61 bits per heavy atom. The fourth-order valence-corrected chi connectivity index (χ4v) is 3.12. The Balaban J connectivity index is 3.07. The van der Waals surface area contributed by atoms with E-state index in [1.807, 2.05) is 0 Å². The molecule has 11 heteroatoms. The van der Waals surface area contributed by atoms with Gasteiger partial charge in [0.25, 0.3) is 0 Å². The van der Waals surface area contributed by atoms with Gasteiger partial charge in [-0.3, -0.25) is 19.2 Å². The number of phenolic OH excluding ortho intramolecular Hbond substituents is 1. The normalized spacial score (nSPS) is 12.5. The molecule has 0 bridgehead atoms. The first-order chi connectivity index (χ1) is 14.6. The van der Waals surface area contributed by atoms with Crippen molar-refractivity contribution < 1.29 is 24.3 Å². The van der Waals surface area contributed by atoms with Crippen LogP contribution in [-0.4, -0.2) is 60.5 Å². The van der Waals surface area contributed by atoms with Crippen molar-refractivity contribution in [1.82, 2.24) is 16.0 Å². The van der Waals surface area contributed by atoms with Crippen LogP contribution in [0.15, 0.2) is 12.1 Å². The zero-order valence-corrected chi connectivity index (χ0v) is 17.9. The molecule has 0 heterocycles. The molecule has 31 heavy (non-hydrogen) atoms. The zero-order chi connectivity index (χ0) is 23.6. The number of carbonyl (C=O) groups is 4. The number of primary amides is 1. The minimum atomic E-state index is -1.01. The summed E-state index contributed by atoms with van der Waals surface area (Å²) in [5.74, 6) is -2.33. The van der Waals surface area contributed by atoms with Gasteiger partial charge < -0.3 is 38.3 Å². The van der Waals surface area contributed by atoms with E-state index in [0.717, 1.165) is 16.7 Å². The topological polar surface area (TPSA) is 203 Å². The Hall–Kier alpha value is -3.18. The van der Waals surface area contributed by atoms with Crippen LogP contribution >= 0.6 is 0 Å². The summed E-state index contributed by atoms with van der Waals surface area (Å²) in [5.41, 5.74) is 18.2. The van der Waals surface area contributed by atoms with Crippen LogP contribution in [0.1, 0.15) is 29.5 Å². The second-order valence-corrected chi connectivity index (χ2v) is 7.26. The fraction of sp³-hybridized carbons (Fsp3) is 0.500. The van der Waals surface area contributed by atoms with E-state index in [0.29, 0.717) is 13.0 Å². The van der Waals surface area contributed by atoms with Crippen LogP contribution in [-0.2, 0) is 25.6 Å². The number of hydrogen-bond donors (Lipinski definition) is 7. The third-order valence-electron chi connectivity index (χ3n) is 4.69. The highest BCUT2D eigenvalue weighted by Gasteiger charge is 2.27. The predicted octanol–water partition coefficient (Wildman–Crippen LogP) is -2.18. The second kappa shape index (κ2) is 12.5. The maximum atomic E-state index is 13.0. The fourth-order valence-electron chi connectivity index (χ4n) is 3.12. The molecule has 0 saturated carbocycles. The van der Waals surface area contributed by atoms with Crippen molar-refractivity contribution in [3.63, 3.8) is 0 Å². The van der Waals surface area contributed by atoms with E-state index in [9.17, 15) is 24.3 Å².